The van der Waals surface area contributed by atoms with Crippen molar-refractivity contribution in [2.45, 2.75) is 31.5 Å². The monoisotopic (exact) mass is 470 g/mol. The van der Waals surface area contributed by atoms with Crippen LogP contribution in [0.1, 0.15) is 30.4 Å². The Morgan fingerprint density at radius 3 is 2.15 bits per heavy atom. The van der Waals surface area contributed by atoms with Crippen LogP contribution in [0, 0.1) is 0 Å². The van der Waals surface area contributed by atoms with Crippen LogP contribution in [-0.4, -0.2) is 68.7 Å². The first-order valence-corrected chi connectivity index (χ1v) is 11.2. The second-order valence-corrected chi connectivity index (χ2v) is 7.85. The molecule has 2 aromatic carbocycles. The maximum Gasteiger partial charge on any atom is 0.407 e. The predicted molar refractivity (Wildman–Crippen MR) is 125 cm³/mol. The van der Waals surface area contributed by atoms with Gasteiger partial charge in [-0.3, -0.25) is 9.59 Å². The highest BCUT2D eigenvalue weighted by Crippen LogP contribution is 2.44. The molecule has 0 fully saturated rings. The number of fused-ring (bicyclic) bond motifs is 3. The van der Waals surface area contributed by atoms with Crippen LogP contribution >= 0.6 is 0 Å². The average Bonchev–Trinajstić information content (AvgIpc) is 3.15. The van der Waals surface area contributed by atoms with Crippen molar-refractivity contribution >= 4 is 18.0 Å². The van der Waals surface area contributed by atoms with Crippen molar-refractivity contribution < 1.29 is 33.7 Å². The number of rotatable bonds is 12. The summed E-state index contributed by atoms with van der Waals surface area (Å²) in [7, 11) is 1.35. The number of hydrogen-bond donors (Lipinski definition) is 3. The van der Waals surface area contributed by atoms with Crippen molar-refractivity contribution in [1.82, 2.24) is 10.6 Å². The van der Waals surface area contributed by atoms with Gasteiger partial charge in [0, 0.05) is 26.2 Å². The number of methoxy groups -OCH3 is 1. The molecule has 1 aliphatic rings. The van der Waals surface area contributed by atoms with E-state index < -0.39 is 30.2 Å². The number of carbonyl (C=O) groups excluding carboxylic acids is 2. The molecule has 0 radical (unpaired) electrons. The molecule has 0 aliphatic heterocycles. The Morgan fingerprint density at radius 1 is 0.971 bits per heavy atom. The molecule has 3 N–H and O–H groups in total. The molecule has 0 aromatic heterocycles. The second kappa shape index (κ2) is 12.2. The van der Waals surface area contributed by atoms with E-state index in [1.807, 2.05) is 36.4 Å². The number of aliphatic carboxylic acids is 1. The zero-order valence-corrected chi connectivity index (χ0v) is 19.3. The molecule has 34 heavy (non-hydrogen) atoms. The highest BCUT2D eigenvalue weighted by Gasteiger charge is 2.29. The minimum atomic E-state index is -1.02. The highest BCUT2D eigenvalue weighted by molar-refractivity contribution is 5.82. The van der Waals surface area contributed by atoms with Crippen LogP contribution < -0.4 is 10.6 Å². The summed E-state index contributed by atoms with van der Waals surface area (Å²) in [6.45, 7) is 2.15. The molecule has 3 rings (SSSR count). The van der Waals surface area contributed by atoms with Gasteiger partial charge in [0.25, 0.3) is 5.91 Å². The lowest BCUT2D eigenvalue weighted by atomic mass is 9.98. The molecule has 1 aliphatic carbocycles. The smallest absolute Gasteiger partial charge is 0.407 e. The van der Waals surface area contributed by atoms with E-state index in [-0.39, 0.29) is 32.0 Å². The molecule has 0 saturated heterocycles. The van der Waals surface area contributed by atoms with E-state index in [0.717, 1.165) is 22.3 Å². The number of ether oxygens (including phenoxy) is 3. The summed E-state index contributed by atoms with van der Waals surface area (Å²) < 4.78 is 16.0. The van der Waals surface area contributed by atoms with Crippen LogP contribution in [0.2, 0.25) is 0 Å². The van der Waals surface area contributed by atoms with Gasteiger partial charge in [0.15, 0.2) is 6.10 Å². The summed E-state index contributed by atoms with van der Waals surface area (Å²) in [5.41, 5.74) is 4.49. The molecule has 2 atom stereocenters. The van der Waals surface area contributed by atoms with Gasteiger partial charge in [0.05, 0.1) is 19.1 Å². The molecule has 9 nitrogen and oxygen atoms in total. The molecule has 0 bridgehead atoms. The fourth-order valence-electron chi connectivity index (χ4n) is 4.06. The third-order valence-corrected chi connectivity index (χ3v) is 5.66. The van der Waals surface area contributed by atoms with Gasteiger partial charge in [-0.15, -0.1) is 0 Å². The third-order valence-electron chi connectivity index (χ3n) is 5.66. The Labute approximate surface area is 198 Å². The summed E-state index contributed by atoms with van der Waals surface area (Å²) in [5, 5.41) is 14.1. The van der Waals surface area contributed by atoms with Crippen LogP contribution in [0.15, 0.2) is 48.5 Å². The molecule has 2 unspecified atom stereocenters. The molecule has 2 amide bonds. The molecular weight excluding hydrogens is 440 g/mol. The zero-order chi connectivity index (χ0) is 24.5. The van der Waals surface area contributed by atoms with Gasteiger partial charge in [-0.25, -0.2) is 4.79 Å². The average molecular weight is 471 g/mol. The van der Waals surface area contributed by atoms with E-state index in [0.29, 0.717) is 6.61 Å². The van der Waals surface area contributed by atoms with Crippen LogP contribution in [0.4, 0.5) is 4.79 Å². The molecular formula is C25H30N2O7. The SMILES string of the molecule is CCOC(CNC(=O)C(CNC(=O)OCC1c2ccccc2-c2ccccc21)OC)CC(=O)O. The zero-order valence-electron chi connectivity index (χ0n) is 19.3. The number of carboxylic acid groups (broad SMARTS) is 1. The summed E-state index contributed by atoms with van der Waals surface area (Å²) in [4.78, 5) is 35.6. The van der Waals surface area contributed by atoms with Crippen molar-refractivity contribution in [3.8, 4) is 11.1 Å². The van der Waals surface area contributed by atoms with Crippen molar-refractivity contribution in [2.24, 2.45) is 0 Å². The van der Waals surface area contributed by atoms with Gasteiger partial charge in [-0.1, -0.05) is 48.5 Å². The van der Waals surface area contributed by atoms with E-state index in [9.17, 15) is 14.4 Å². The molecule has 9 heteroatoms. The van der Waals surface area contributed by atoms with Crippen molar-refractivity contribution in [1.29, 1.82) is 0 Å². The van der Waals surface area contributed by atoms with Crippen molar-refractivity contribution in [2.75, 3.05) is 33.4 Å². The predicted octanol–water partition coefficient (Wildman–Crippen LogP) is 2.54. The first-order chi connectivity index (χ1) is 16.4. The van der Waals surface area contributed by atoms with Crippen LogP contribution in [0.3, 0.4) is 0 Å². The summed E-state index contributed by atoms with van der Waals surface area (Å²) in [6, 6.07) is 16.1. The van der Waals surface area contributed by atoms with Gasteiger partial charge >= 0.3 is 12.1 Å². The van der Waals surface area contributed by atoms with Crippen LogP contribution in [0.5, 0.6) is 0 Å². The number of hydrogen-bond acceptors (Lipinski definition) is 6. The standard InChI is InChI=1S/C25H30N2O7/c1-3-33-16(12-23(28)29)13-26-24(30)22(32-2)14-27-25(31)34-15-21-19-10-6-4-8-17(19)18-9-5-7-11-20(18)21/h4-11,16,21-22H,3,12-15H2,1-2H3,(H,26,30)(H,27,31)(H,28,29). The van der Waals surface area contributed by atoms with Gasteiger partial charge in [-0.2, -0.15) is 0 Å². The fraction of sp³-hybridized carbons (Fsp3) is 0.400. The minimum Gasteiger partial charge on any atom is -0.481 e. The molecule has 182 valence electrons. The van der Waals surface area contributed by atoms with E-state index in [1.54, 1.807) is 6.92 Å². The topological polar surface area (TPSA) is 123 Å². The summed E-state index contributed by atoms with van der Waals surface area (Å²) in [6.07, 6.45) is -2.51. The van der Waals surface area contributed by atoms with Gasteiger partial charge in [-0.05, 0) is 29.2 Å². The van der Waals surface area contributed by atoms with Crippen molar-refractivity contribution in [3.05, 3.63) is 59.7 Å². The highest BCUT2D eigenvalue weighted by atomic mass is 16.5. The lowest BCUT2D eigenvalue weighted by molar-refractivity contribution is -0.141. The fourth-order valence-corrected chi connectivity index (χ4v) is 4.06. The maximum atomic E-state index is 12.4. The first-order valence-electron chi connectivity index (χ1n) is 11.2. The maximum absolute atomic E-state index is 12.4. The normalized spacial score (nSPS) is 13.9. The third kappa shape index (κ3) is 6.33. The minimum absolute atomic E-state index is 0.0176. The van der Waals surface area contributed by atoms with E-state index in [4.69, 9.17) is 19.3 Å². The van der Waals surface area contributed by atoms with E-state index >= 15 is 0 Å². The van der Waals surface area contributed by atoms with Crippen LogP contribution in [-0.2, 0) is 23.8 Å². The van der Waals surface area contributed by atoms with Gasteiger partial charge < -0.3 is 30.0 Å². The number of benzene rings is 2. The summed E-state index contributed by atoms with van der Waals surface area (Å²) >= 11 is 0. The Balaban J connectivity index is 1.49. The van der Waals surface area contributed by atoms with Crippen molar-refractivity contribution in [3.63, 3.8) is 0 Å². The molecule has 0 saturated carbocycles. The number of carbonyl (C=O) groups is 3. The second-order valence-electron chi connectivity index (χ2n) is 7.85. The Hall–Kier alpha value is -3.43. The Morgan fingerprint density at radius 2 is 1.59 bits per heavy atom. The number of amides is 2. The quantitative estimate of drug-likeness (QED) is 0.436. The lowest BCUT2D eigenvalue weighted by Gasteiger charge is -2.20. The molecule has 0 spiro atoms. The van der Waals surface area contributed by atoms with Gasteiger partial charge in [0.2, 0.25) is 0 Å². The first kappa shape index (κ1) is 25.2. The molecule has 0 heterocycles. The van der Waals surface area contributed by atoms with E-state index in [2.05, 4.69) is 22.8 Å². The summed E-state index contributed by atoms with van der Waals surface area (Å²) in [5.74, 6) is -1.58. The number of nitrogens with one attached hydrogen (secondary N) is 2. The number of alkyl carbamates (subject to hydrolysis) is 1. The Bertz CT molecular complexity index is 965. The van der Waals surface area contributed by atoms with Gasteiger partial charge in [0.1, 0.15) is 6.61 Å². The Kier molecular flexibility index (Phi) is 9.00. The lowest BCUT2D eigenvalue weighted by Crippen LogP contribution is -2.46. The number of carboxylic acids is 1. The molecule has 2 aromatic rings. The van der Waals surface area contributed by atoms with Crippen LogP contribution in [0.25, 0.3) is 11.1 Å². The van der Waals surface area contributed by atoms with E-state index in [1.165, 1.54) is 7.11 Å². The largest absolute Gasteiger partial charge is 0.481 e.